The molecule has 0 bridgehead atoms. The largest absolute Gasteiger partial charge is 0.573 e. The molecule has 0 aliphatic rings. The number of rotatable bonds is 4. The first kappa shape index (κ1) is 15.7. The number of nitrogens with zero attached hydrogens (tertiary/aromatic N) is 2. The summed E-state index contributed by atoms with van der Waals surface area (Å²) in [7, 11) is 0. The maximum Gasteiger partial charge on any atom is 0.573 e. The minimum absolute atomic E-state index is 0.122. The average Bonchev–Trinajstić information content (AvgIpc) is 2.46. The highest BCUT2D eigenvalue weighted by molar-refractivity contribution is 5.92. The van der Waals surface area contributed by atoms with Crippen LogP contribution in [0.5, 0.6) is 5.75 Å². The Morgan fingerprint density at radius 2 is 2.09 bits per heavy atom. The lowest BCUT2D eigenvalue weighted by atomic mass is 10.1. The molecular weight excluding hydrogens is 299 g/mol. The molecule has 0 saturated carbocycles. The van der Waals surface area contributed by atoms with Crippen molar-refractivity contribution in [1.29, 1.82) is 0 Å². The molecule has 116 valence electrons. The molecule has 0 radical (unpaired) electrons. The number of carbonyl (C=O) groups excluding carboxylic acids is 1. The highest BCUT2D eigenvalue weighted by Crippen LogP contribution is 2.25. The minimum Gasteiger partial charge on any atom is -0.406 e. The zero-order valence-electron chi connectivity index (χ0n) is 11.5. The number of hydrogen-bond donors (Lipinski definition) is 1. The van der Waals surface area contributed by atoms with Crippen molar-refractivity contribution in [2.75, 3.05) is 0 Å². The first-order valence-corrected chi connectivity index (χ1v) is 6.28. The van der Waals surface area contributed by atoms with Crippen LogP contribution in [0.25, 0.3) is 0 Å². The van der Waals surface area contributed by atoms with Crippen LogP contribution in [0, 0.1) is 0 Å². The molecule has 22 heavy (non-hydrogen) atoms. The molecule has 0 fully saturated rings. The van der Waals surface area contributed by atoms with E-state index < -0.39 is 18.3 Å². The SMILES string of the molecule is CC(NC(=O)c1cnccn1)c1cccc(OC(F)(F)F)c1. The van der Waals surface area contributed by atoms with E-state index in [0.29, 0.717) is 5.56 Å². The molecule has 1 N–H and O–H groups in total. The summed E-state index contributed by atoms with van der Waals surface area (Å²) < 4.78 is 40.4. The lowest BCUT2D eigenvalue weighted by Gasteiger charge is -2.15. The molecule has 0 spiro atoms. The van der Waals surface area contributed by atoms with Gasteiger partial charge in [0.2, 0.25) is 0 Å². The molecule has 1 aromatic heterocycles. The van der Waals surface area contributed by atoms with Crippen molar-refractivity contribution in [2.24, 2.45) is 0 Å². The summed E-state index contributed by atoms with van der Waals surface area (Å²) in [6.45, 7) is 1.64. The van der Waals surface area contributed by atoms with Crippen molar-refractivity contribution >= 4 is 5.91 Å². The Hall–Kier alpha value is -2.64. The molecule has 8 heteroatoms. The van der Waals surface area contributed by atoms with Gasteiger partial charge in [0.25, 0.3) is 5.91 Å². The highest BCUT2D eigenvalue weighted by Gasteiger charge is 2.31. The van der Waals surface area contributed by atoms with Crippen LogP contribution in [0.1, 0.15) is 29.0 Å². The van der Waals surface area contributed by atoms with Crippen LogP contribution < -0.4 is 10.1 Å². The molecule has 1 heterocycles. The third-order valence-electron chi connectivity index (χ3n) is 2.74. The van der Waals surface area contributed by atoms with E-state index in [9.17, 15) is 18.0 Å². The Morgan fingerprint density at radius 1 is 1.32 bits per heavy atom. The number of nitrogens with one attached hydrogen (secondary N) is 1. The molecule has 1 unspecified atom stereocenters. The second kappa shape index (κ2) is 6.42. The number of amides is 1. The van der Waals surface area contributed by atoms with Crippen LogP contribution in [0.2, 0.25) is 0 Å². The number of hydrogen-bond acceptors (Lipinski definition) is 4. The van der Waals surface area contributed by atoms with Gasteiger partial charge in [0.05, 0.1) is 12.2 Å². The normalized spacial score (nSPS) is 12.5. The molecular formula is C14H12F3N3O2. The van der Waals surface area contributed by atoms with Crippen LogP contribution in [0.15, 0.2) is 42.9 Å². The zero-order valence-corrected chi connectivity index (χ0v) is 11.5. The Morgan fingerprint density at radius 3 is 2.73 bits per heavy atom. The van der Waals surface area contributed by atoms with Gasteiger partial charge in [-0.05, 0) is 24.6 Å². The summed E-state index contributed by atoms with van der Waals surface area (Å²) in [5.74, 6) is -0.812. The van der Waals surface area contributed by atoms with Gasteiger partial charge in [0.15, 0.2) is 0 Å². The van der Waals surface area contributed by atoms with Gasteiger partial charge in [-0.1, -0.05) is 12.1 Å². The van der Waals surface area contributed by atoms with Gasteiger partial charge in [-0.15, -0.1) is 13.2 Å². The standard InChI is InChI=1S/C14H12F3N3O2/c1-9(20-13(21)12-8-18-5-6-19-12)10-3-2-4-11(7-10)22-14(15,16)17/h2-9H,1H3,(H,20,21). The predicted octanol–water partition coefficient (Wildman–Crippen LogP) is 2.87. The Bertz CT molecular complexity index is 647. The van der Waals surface area contributed by atoms with E-state index in [1.807, 2.05) is 0 Å². The molecule has 0 aliphatic heterocycles. The van der Waals surface area contributed by atoms with Gasteiger partial charge >= 0.3 is 6.36 Å². The van der Waals surface area contributed by atoms with Crippen LogP contribution in [0.3, 0.4) is 0 Å². The fourth-order valence-electron chi connectivity index (χ4n) is 1.75. The number of alkyl halides is 3. The van der Waals surface area contributed by atoms with E-state index in [-0.39, 0.29) is 11.4 Å². The lowest BCUT2D eigenvalue weighted by molar-refractivity contribution is -0.274. The van der Waals surface area contributed by atoms with Crippen molar-refractivity contribution in [3.63, 3.8) is 0 Å². The van der Waals surface area contributed by atoms with E-state index in [4.69, 9.17) is 0 Å². The summed E-state index contributed by atoms with van der Waals surface area (Å²) in [4.78, 5) is 19.5. The van der Waals surface area contributed by atoms with Crippen molar-refractivity contribution < 1.29 is 22.7 Å². The number of aromatic nitrogens is 2. The van der Waals surface area contributed by atoms with Gasteiger partial charge < -0.3 is 10.1 Å². The van der Waals surface area contributed by atoms with Gasteiger partial charge in [0.1, 0.15) is 11.4 Å². The molecule has 2 aromatic rings. The fraction of sp³-hybridized carbons (Fsp3) is 0.214. The fourth-order valence-corrected chi connectivity index (χ4v) is 1.75. The van der Waals surface area contributed by atoms with Gasteiger partial charge in [0, 0.05) is 12.4 Å². The summed E-state index contributed by atoms with van der Waals surface area (Å²) in [6, 6.07) is 4.89. The second-order valence-corrected chi connectivity index (χ2v) is 4.41. The summed E-state index contributed by atoms with van der Waals surface area (Å²) in [5.41, 5.74) is 0.594. The third-order valence-corrected chi connectivity index (χ3v) is 2.74. The minimum atomic E-state index is -4.76. The van der Waals surface area contributed by atoms with E-state index in [0.717, 1.165) is 0 Å². The van der Waals surface area contributed by atoms with Crippen molar-refractivity contribution in [1.82, 2.24) is 15.3 Å². The predicted molar refractivity (Wildman–Crippen MR) is 71.0 cm³/mol. The van der Waals surface area contributed by atoms with Crippen molar-refractivity contribution in [3.8, 4) is 5.75 Å². The van der Waals surface area contributed by atoms with E-state index in [2.05, 4.69) is 20.0 Å². The van der Waals surface area contributed by atoms with Crippen molar-refractivity contribution in [2.45, 2.75) is 19.3 Å². The van der Waals surface area contributed by atoms with Crippen LogP contribution in [-0.4, -0.2) is 22.2 Å². The third kappa shape index (κ3) is 4.44. The molecule has 5 nitrogen and oxygen atoms in total. The average molecular weight is 311 g/mol. The number of halogens is 3. The zero-order chi connectivity index (χ0) is 16.2. The number of carbonyl (C=O) groups is 1. The summed E-state index contributed by atoms with van der Waals surface area (Å²) in [6.07, 6.45) is -0.661. The van der Waals surface area contributed by atoms with Crippen LogP contribution >= 0.6 is 0 Å². The number of ether oxygens (including phenoxy) is 1. The lowest BCUT2D eigenvalue weighted by Crippen LogP contribution is -2.27. The Balaban J connectivity index is 2.08. The highest BCUT2D eigenvalue weighted by atomic mass is 19.4. The van der Waals surface area contributed by atoms with Gasteiger partial charge in [-0.2, -0.15) is 0 Å². The first-order chi connectivity index (χ1) is 10.3. The Labute approximate surface area is 124 Å². The van der Waals surface area contributed by atoms with Gasteiger partial charge in [-0.3, -0.25) is 9.78 Å². The Kier molecular flexibility index (Phi) is 4.59. The summed E-state index contributed by atoms with van der Waals surface area (Å²) in [5, 5.41) is 2.62. The van der Waals surface area contributed by atoms with Crippen LogP contribution in [0.4, 0.5) is 13.2 Å². The van der Waals surface area contributed by atoms with Gasteiger partial charge in [-0.25, -0.2) is 4.98 Å². The van der Waals surface area contributed by atoms with E-state index in [1.54, 1.807) is 13.0 Å². The maximum absolute atomic E-state index is 12.2. The topological polar surface area (TPSA) is 64.1 Å². The monoisotopic (exact) mass is 311 g/mol. The van der Waals surface area contributed by atoms with Crippen molar-refractivity contribution in [3.05, 3.63) is 54.1 Å². The second-order valence-electron chi connectivity index (χ2n) is 4.41. The molecule has 1 amide bonds. The van der Waals surface area contributed by atoms with E-state index in [1.165, 1.54) is 36.8 Å². The number of benzene rings is 1. The first-order valence-electron chi connectivity index (χ1n) is 6.28. The molecule has 1 atom stereocenters. The maximum atomic E-state index is 12.2. The quantitative estimate of drug-likeness (QED) is 0.943. The summed E-state index contributed by atoms with van der Waals surface area (Å²) >= 11 is 0. The smallest absolute Gasteiger partial charge is 0.406 e. The molecule has 0 saturated heterocycles. The molecule has 1 aromatic carbocycles. The van der Waals surface area contributed by atoms with Crippen LogP contribution in [-0.2, 0) is 0 Å². The molecule has 2 rings (SSSR count). The molecule has 0 aliphatic carbocycles. The van der Waals surface area contributed by atoms with E-state index >= 15 is 0 Å².